The number of carbonyl (C=O) groups is 1. The van der Waals surface area contributed by atoms with Crippen LogP contribution in [-0.4, -0.2) is 43.0 Å². The molecule has 3 aromatic rings. The maximum Gasteiger partial charge on any atom is 0.425 e. The van der Waals surface area contributed by atoms with Crippen LogP contribution in [0.4, 0.5) is 23.2 Å². The van der Waals surface area contributed by atoms with Crippen LogP contribution in [0.15, 0.2) is 18.3 Å². The standard InChI is InChI=1S/C19H18ClF4N5O3/c1-8-16(17(20)28-27-8)26-18(31)11-4-12(21)10(13-6-29(3)15(7-30)25-13)5-14(11)32-9(2)19(22,23)24/h4-6,9,30H,7H2,1-3H3,(H,26,31)(H,27,28). The molecule has 3 N–H and O–H groups in total. The summed E-state index contributed by atoms with van der Waals surface area (Å²) in [5, 5.41) is 17.8. The van der Waals surface area contributed by atoms with Crippen molar-refractivity contribution in [1.29, 1.82) is 0 Å². The molecule has 8 nitrogen and oxygen atoms in total. The average Bonchev–Trinajstić information content (AvgIpc) is 3.24. The molecule has 0 saturated heterocycles. The second kappa shape index (κ2) is 8.79. The number of carbonyl (C=O) groups excluding carboxylic acids is 1. The van der Waals surface area contributed by atoms with Gasteiger partial charge in [0.15, 0.2) is 11.3 Å². The molecule has 1 unspecified atom stereocenters. The highest BCUT2D eigenvalue weighted by Crippen LogP contribution is 2.34. The minimum atomic E-state index is -4.73. The molecule has 0 spiro atoms. The molecule has 32 heavy (non-hydrogen) atoms. The Labute approximate surface area is 184 Å². The molecule has 172 valence electrons. The first-order chi connectivity index (χ1) is 14.9. The van der Waals surface area contributed by atoms with E-state index in [2.05, 4.69) is 20.5 Å². The molecular weight excluding hydrogens is 458 g/mol. The van der Waals surface area contributed by atoms with Gasteiger partial charge in [-0.1, -0.05) is 11.6 Å². The third kappa shape index (κ3) is 4.70. The first-order valence-corrected chi connectivity index (χ1v) is 9.52. The number of hydrogen-bond donors (Lipinski definition) is 3. The molecule has 1 amide bonds. The zero-order chi connectivity index (χ0) is 23.8. The number of hydrogen-bond acceptors (Lipinski definition) is 5. The van der Waals surface area contributed by atoms with Gasteiger partial charge in [0.2, 0.25) is 0 Å². The van der Waals surface area contributed by atoms with Crippen LogP contribution in [0, 0.1) is 12.7 Å². The summed E-state index contributed by atoms with van der Waals surface area (Å²) in [4.78, 5) is 16.8. The summed E-state index contributed by atoms with van der Waals surface area (Å²) in [7, 11) is 1.56. The van der Waals surface area contributed by atoms with Crippen LogP contribution in [0.2, 0.25) is 5.15 Å². The van der Waals surface area contributed by atoms with E-state index in [9.17, 15) is 27.5 Å². The van der Waals surface area contributed by atoms with Crippen molar-refractivity contribution >= 4 is 23.2 Å². The number of ether oxygens (including phenoxy) is 1. The molecule has 0 bridgehead atoms. The van der Waals surface area contributed by atoms with Gasteiger partial charge in [0.05, 0.1) is 17.0 Å². The number of aromatic amines is 1. The largest absolute Gasteiger partial charge is 0.480 e. The van der Waals surface area contributed by atoms with Gasteiger partial charge in [-0.05, 0) is 26.0 Å². The maximum absolute atomic E-state index is 14.9. The van der Waals surface area contributed by atoms with Gasteiger partial charge >= 0.3 is 6.18 Å². The van der Waals surface area contributed by atoms with E-state index in [0.717, 1.165) is 19.1 Å². The molecule has 0 aliphatic carbocycles. The lowest BCUT2D eigenvalue weighted by Crippen LogP contribution is -2.32. The van der Waals surface area contributed by atoms with Crippen molar-refractivity contribution in [2.75, 3.05) is 5.32 Å². The molecule has 1 aromatic carbocycles. The van der Waals surface area contributed by atoms with Crippen molar-refractivity contribution in [3.63, 3.8) is 0 Å². The van der Waals surface area contributed by atoms with Crippen molar-refractivity contribution in [3.8, 4) is 17.0 Å². The highest BCUT2D eigenvalue weighted by molar-refractivity contribution is 6.33. The van der Waals surface area contributed by atoms with Crippen LogP contribution in [0.3, 0.4) is 0 Å². The van der Waals surface area contributed by atoms with Gasteiger partial charge in [0.25, 0.3) is 5.91 Å². The molecule has 0 aliphatic rings. The lowest BCUT2D eigenvalue weighted by molar-refractivity contribution is -0.189. The number of nitrogens with zero attached hydrogens (tertiary/aromatic N) is 3. The SMILES string of the molecule is Cc1[nH]nc(Cl)c1NC(=O)c1cc(F)c(-c2cn(C)c(CO)n2)cc1OC(C)C(F)(F)F. The van der Waals surface area contributed by atoms with Crippen LogP contribution in [0.1, 0.15) is 28.8 Å². The van der Waals surface area contributed by atoms with Gasteiger partial charge in [-0.25, -0.2) is 9.37 Å². The Kier molecular flexibility index (Phi) is 6.46. The van der Waals surface area contributed by atoms with E-state index in [-0.39, 0.29) is 27.9 Å². The van der Waals surface area contributed by atoms with Gasteiger partial charge in [0.1, 0.15) is 29.7 Å². The van der Waals surface area contributed by atoms with Crippen LogP contribution in [-0.2, 0) is 13.7 Å². The molecule has 1 atom stereocenters. The first kappa shape index (κ1) is 23.5. The number of halogens is 5. The minimum Gasteiger partial charge on any atom is -0.480 e. The topological polar surface area (TPSA) is 105 Å². The van der Waals surface area contributed by atoms with Crippen molar-refractivity contribution in [1.82, 2.24) is 19.7 Å². The molecule has 0 fully saturated rings. The molecule has 2 heterocycles. The smallest absolute Gasteiger partial charge is 0.425 e. The fourth-order valence-corrected chi connectivity index (χ4v) is 3.02. The van der Waals surface area contributed by atoms with Gasteiger partial charge in [0, 0.05) is 18.8 Å². The summed E-state index contributed by atoms with van der Waals surface area (Å²) >= 11 is 5.89. The Morgan fingerprint density at radius 3 is 2.62 bits per heavy atom. The first-order valence-electron chi connectivity index (χ1n) is 9.14. The Bertz CT molecular complexity index is 1140. The number of rotatable bonds is 6. The summed E-state index contributed by atoms with van der Waals surface area (Å²) in [5.41, 5.74) is -0.180. The third-order valence-electron chi connectivity index (χ3n) is 4.61. The van der Waals surface area contributed by atoms with E-state index in [1.54, 1.807) is 14.0 Å². The minimum absolute atomic E-state index is 0.0410. The Hall–Kier alpha value is -3.12. The zero-order valence-electron chi connectivity index (χ0n) is 17.0. The van der Waals surface area contributed by atoms with E-state index < -0.39 is 41.9 Å². The summed E-state index contributed by atoms with van der Waals surface area (Å²) in [6.45, 7) is 1.88. The lowest BCUT2D eigenvalue weighted by Gasteiger charge is -2.20. The highest BCUT2D eigenvalue weighted by atomic mass is 35.5. The van der Waals surface area contributed by atoms with Crippen LogP contribution in [0.25, 0.3) is 11.3 Å². The van der Waals surface area contributed by atoms with E-state index in [4.69, 9.17) is 16.3 Å². The number of H-pyrrole nitrogens is 1. The van der Waals surface area contributed by atoms with E-state index in [0.29, 0.717) is 5.69 Å². The van der Waals surface area contributed by atoms with Crippen LogP contribution < -0.4 is 10.1 Å². The summed E-state index contributed by atoms with van der Waals surface area (Å²) in [5.74, 6) is -2.20. The van der Waals surface area contributed by atoms with E-state index >= 15 is 0 Å². The number of aryl methyl sites for hydroxylation is 2. The molecule has 0 saturated carbocycles. The number of anilines is 1. The maximum atomic E-state index is 14.9. The van der Waals surface area contributed by atoms with Gasteiger partial charge in [-0.2, -0.15) is 18.3 Å². The number of imidazole rings is 1. The van der Waals surface area contributed by atoms with Gasteiger partial charge in [-0.15, -0.1) is 0 Å². The summed E-state index contributed by atoms with van der Waals surface area (Å²) < 4.78 is 60.7. The van der Waals surface area contributed by atoms with Crippen molar-refractivity contribution < 1.29 is 32.2 Å². The average molecular weight is 476 g/mol. The molecular formula is C19H18ClF4N5O3. The molecule has 13 heteroatoms. The second-order valence-corrected chi connectivity index (χ2v) is 7.27. The van der Waals surface area contributed by atoms with Gasteiger partial charge < -0.3 is 19.7 Å². The second-order valence-electron chi connectivity index (χ2n) is 6.91. The molecule has 3 rings (SSSR count). The van der Waals surface area contributed by atoms with E-state index in [1.165, 1.54) is 10.8 Å². The number of benzene rings is 1. The van der Waals surface area contributed by atoms with Crippen LogP contribution in [0.5, 0.6) is 5.75 Å². The summed E-state index contributed by atoms with van der Waals surface area (Å²) in [6, 6.07) is 1.71. The Morgan fingerprint density at radius 1 is 1.41 bits per heavy atom. The zero-order valence-corrected chi connectivity index (χ0v) is 17.8. The molecule has 0 radical (unpaired) electrons. The molecule has 2 aromatic heterocycles. The number of alkyl halides is 3. The lowest BCUT2D eigenvalue weighted by atomic mass is 10.1. The van der Waals surface area contributed by atoms with Crippen molar-refractivity contribution in [3.05, 3.63) is 46.4 Å². The van der Waals surface area contributed by atoms with Gasteiger partial charge in [-0.3, -0.25) is 9.89 Å². The Morgan fingerprint density at radius 2 is 2.09 bits per heavy atom. The normalized spacial score (nSPS) is 12.7. The molecule has 0 aliphatic heterocycles. The fraction of sp³-hybridized carbons (Fsp3) is 0.316. The fourth-order valence-electron chi connectivity index (χ4n) is 2.79. The number of amides is 1. The number of aromatic nitrogens is 4. The highest BCUT2D eigenvalue weighted by Gasteiger charge is 2.39. The number of aliphatic hydroxyl groups excluding tert-OH is 1. The summed E-state index contributed by atoms with van der Waals surface area (Å²) in [6.07, 6.45) is -5.64. The predicted octanol–water partition coefficient (Wildman–Crippen LogP) is 3.99. The van der Waals surface area contributed by atoms with Crippen molar-refractivity contribution in [2.24, 2.45) is 7.05 Å². The Balaban J connectivity index is 2.08. The monoisotopic (exact) mass is 475 g/mol. The van der Waals surface area contributed by atoms with E-state index in [1.807, 2.05) is 0 Å². The third-order valence-corrected chi connectivity index (χ3v) is 4.88. The number of nitrogens with one attached hydrogen (secondary N) is 2. The number of aliphatic hydroxyl groups is 1. The quantitative estimate of drug-likeness (QED) is 0.468. The van der Waals surface area contributed by atoms with Crippen molar-refractivity contribution in [2.45, 2.75) is 32.7 Å². The predicted molar refractivity (Wildman–Crippen MR) is 107 cm³/mol. The van der Waals surface area contributed by atoms with Crippen LogP contribution >= 0.6 is 11.6 Å².